The van der Waals surface area contributed by atoms with E-state index in [1.165, 1.54) is 17.2 Å². The predicted molar refractivity (Wildman–Crippen MR) is 117 cm³/mol. The van der Waals surface area contributed by atoms with Gasteiger partial charge < -0.3 is 15.6 Å². The summed E-state index contributed by atoms with van der Waals surface area (Å²) in [5.74, 6) is 0. The lowest BCUT2D eigenvalue weighted by Crippen LogP contribution is -2.55. The molecule has 2 atom stereocenters. The van der Waals surface area contributed by atoms with Gasteiger partial charge in [0.05, 0.1) is 12.3 Å². The number of hydrogen-bond donors (Lipinski definition) is 2. The Morgan fingerprint density at radius 1 is 1.07 bits per heavy atom. The number of H-pyrrole nitrogens is 1. The second-order valence-electron chi connectivity index (χ2n) is 8.37. The van der Waals surface area contributed by atoms with Gasteiger partial charge in [0.1, 0.15) is 0 Å². The Bertz CT molecular complexity index is 1160. The molecule has 0 spiro atoms. The number of para-hydroxylation sites is 1. The molecule has 7 heteroatoms. The number of benzene rings is 2. The summed E-state index contributed by atoms with van der Waals surface area (Å²) in [4.78, 5) is 5.76. The number of aromatic amines is 1. The highest BCUT2D eigenvalue weighted by molar-refractivity contribution is 7.88. The van der Waals surface area contributed by atoms with Gasteiger partial charge in [0.15, 0.2) is 0 Å². The van der Waals surface area contributed by atoms with Gasteiger partial charge in [0.2, 0.25) is 10.0 Å². The van der Waals surface area contributed by atoms with Crippen LogP contribution in [0.1, 0.15) is 29.8 Å². The third-order valence-corrected chi connectivity index (χ3v) is 7.51. The molecule has 5 rings (SSSR count). The maximum Gasteiger partial charge on any atom is 0.212 e. The first-order valence-corrected chi connectivity index (χ1v) is 11.9. The lowest BCUT2D eigenvalue weighted by Gasteiger charge is -2.40. The van der Waals surface area contributed by atoms with Crippen molar-refractivity contribution in [1.82, 2.24) is 9.29 Å². The van der Waals surface area contributed by atoms with Crippen molar-refractivity contribution < 1.29 is 8.42 Å². The van der Waals surface area contributed by atoms with E-state index in [9.17, 15) is 8.42 Å². The molecule has 2 aromatic carbocycles. The predicted octanol–water partition coefficient (Wildman–Crippen LogP) is 2.61. The summed E-state index contributed by atoms with van der Waals surface area (Å²) in [6.45, 7) is 3.72. The number of hydrogen-bond acceptors (Lipinski definition) is 4. The van der Waals surface area contributed by atoms with Crippen molar-refractivity contribution in [3.8, 4) is 0 Å². The van der Waals surface area contributed by atoms with Crippen LogP contribution in [0.25, 0.3) is 10.9 Å². The van der Waals surface area contributed by atoms with Crippen LogP contribution in [0.4, 0.5) is 5.69 Å². The van der Waals surface area contributed by atoms with E-state index < -0.39 is 10.0 Å². The summed E-state index contributed by atoms with van der Waals surface area (Å²) in [5.41, 5.74) is 11.3. The van der Waals surface area contributed by atoms with Crippen molar-refractivity contribution >= 4 is 26.6 Å². The van der Waals surface area contributed by atoms with E-state index in [1.54, 1.807) is 4.31 Å². The van der Waals surface area contributed by atoms with Crippen LogP contribution in [0, 0.1) is 0 Å². The second kappa shape index (κ2) is 6.58. The molecule has 29 heavy (non-hydrogen) atoms. The molecule has 0 aliphatic carbocycles. The Labute approximate surface area is 171 Å². The summed E-state index contributed by atoms with van der Waals surface area (Å²) in [6, 6.07) is 16.2. The number of nitrogens with one attached hydrogen (secondary N) is 1. The highest BCUT2D eigenvalue weighted by Crippen LogP contribution is 2.42. The molecule has 0 radical (unpaired) electrons. The lowest BCUT2D eigenvalue weighted by molar-refractivity contribution is 0.270. The van der Waals surface area contributed by atoms with Crippen LogP contribution in [0.2, 0.25) is 0 Å². The molecule has 1 saturated heterocycles. The van der Waals surface area contributed by atoms with Crippen LogP contribution < -0.4 is 10.6 Å². The van der Waals surface area contributed by atoms with E-state index in [0.29, 0.717) is 6.42 Å². The fourth-order valence-corrected chi connectivity index (χ4v) is 6.20. The molecular weight excluding hydrogens is 384 g/mol. The summed E-state index contributed by atoms with van der Waals surface area (Å²) < 4.78 is 27.2. The number of nitrogens with two attached hydrogens (primary N) is 1. The van der Waals surface area contributed by atoms with Crippen LogP contribution >= 0.6 is 0 Å². The first-order chi connectivity index (χ1) is 13.8. The quantitative estimate of drug-likeness (QED) is 0.695. The molecule has 2 aliphatic heterocycles. The Morgan fingerprint density at radius 2 is 1.76 bits per heavy atom. The number of aromatic nitrogens is 1. The highest BCUT2D eigenvalue weighted by atomic mass is 32.2. The summed E-state index contributed by atoms with van der Waals surface area (Å²) >= 11 is 0. The van der Waals surface area contributed by atoms with Crippen LogP contribution in [-0.2, 0) is 16.4 Å². The molecule has 3 aromatic rings. The normalized spacial score (nSPS) is 23.2. The molecule has 152 valence electrons. The smallest absolute Gasteiger partial charge is 0.212 e. The van der Waals surface area contributed by atoms with Crippen molar-refractivity contribution in [3.05, 3.63) is 65.4 Å². The van der Waals surface area contributed by atoms with Gasteiger partial charge >= 0.3 is 0 Å². The molecule has 1 aromatic heterocycles. The van der Waals surface area contributed by atoms with Gasteiger partial charge in [-0.1, -0.05) is 30.3 Å². The second-order valence-corrected chi connectivity index (χ2v) is 10.3. The number of sulfonamides is 1. The molecule has 0 saturated carbocycles. The van der Waals surface area contributed by atoms with Crippen LogP contribution in [0.15, 0.2) is 48.5 Å². The Morgan fingerprint density at radius 3 is 2.41 bits per heavy atom. The zero-order chi connectivity index (χ0) is 20.3. The fraction of sp³-hybridized carbons (Fsp3) is 0.364. The average Bonchev–Trinajstić information content (AvgIpc) is 3.02. The molecule has 6 nitrogen and oxygen atoms in total. The first-order valence-electron chi connectivity index (χ1n) is 10.0. The van der Waals surface area contributed by atoms with E-state index in [-0.39, 0.29) is 18.1 Å². The molecular formula is C22H26N4O2S. The third kappa shape index (κ3) is 3.04. The van der Waals surface area contributed by atoms with Gasteiger partial charge in [-0.05, 0) is 42.7 Å². The average molecular weight is 411 g/mol. The van der Waals surface area contributed by atoms with Crippen LogP contribution in [0.3, 0.4) is 0 Å². The molecule has 0 amide bonds. The van der Waals surface area contributed by atoms with Crippen LogP contribution in [0.5, 0.6) is 0 Å². The zero-order valence-electron chi connectivity index (χ0n) is 16.7. The number of anilines is 1. The molecule has 0 unspecified atom stereocenters. The van der Waals surface area contributed by atoms with Crippen molar-refractivity contribution in [3.63, 3.8) is 0 Å². The third-order valence-electron chi connectivity index (χ3n) is 6.18. The van der Waals surface area contributed by atoms with Crippen molar-refractivity contribution in [2.24, 2.45) is 5.73 Å². The molecule has 3 N–H and O–H groups in total. The minimum atomic E-state index is -3.39. The monoisotopic (exact) mass is 410 g/mol. The standard InChI is InChI=1S/C22H26N4O2S/c1-14-11-19-18-5-3-4-6-20(18)24-21(19)22(26(14)29(2,27)28)15-7-9-17(10-8-15)25-12-16(23)13-25/h3-10,14,16,22,24H,11-13,23H2,1-2H3/t14-,22+/m1/s1. The van der Waals surface area contributed by atoms with Crippen molar-refractivity contribution in [2.75, 3.05) is 24.2 Å². The minimum Gasteiger partial charge on any atom is -0.368 e. The minimum absolute atomic E-state index is 0.116. The summed E-state index contributed by atoms with van der Waals surface area (Å²) in [5, 5.41) is 1.18. The van der Waals surface area contributed by atoms with Crippen LogP contribution in [-0.4, -0.2) is 49.1 Å². The molecule has 2 aliphatic rings. The van der Waals surface area contributed by atoms with E-state index in [4.69, 9.17) is 5.73 Å². The molecule has 0 bridgehead atoms. The van der Waals surface area contributed by atoms with Gasteiger partial charge in [0.25, 0.3) is 0 Å². The largest absolute Gasteiger partial charge is 0.368 e. The Kier molecular flexibility index (Phi) is 4.24. The number of nitrogens with zero attached hydrogens (tertiary/aromatic N) is 2. The first kappa shape index (κ1) is 18.7. The van der Waals surface area contributed by atoms with E-state index in [2.05, 4.69) is 46.3 Å². The van der Waals surface area contributed by atoms with Crippen molar-refractivity contribution in [1.29, 1.82) is 0 Å². The maximum atomic E-state index is 12.8. The van der Waals surface area contributed by atoms with Gasteiger partial charge in [-0.2, -0.15) is 4.31 Å². The topological polar surface area (TPSA) is 82.4 Å². The van der Waals surface area contributed by atoms with Gasteiger partial charge in [-0.25, -0.2) is 8.42 Å². The number of rotatable bonds is 3. The lowest BCUT2D eigenvalue weighted by atomic mass is 9.90. The van der Waals surface area contributed by atoms with Gasteiger partial charge in [0, 0.05) is 47.5 Å². The van der Waals surface area contributed by atoms with Gasteiger partial charge in [-0.15, -0.1) is 0 Å². The maximum absolute atomic E-state index is 12.8. The SMILES string of the molecule is C[C@@H]1Cc2c([nH]c3ccccc23)[C@H](c2ccc(N3CC(N)C3)cc2)N1S(C)(=O)=O. The van der Waals surface area contributed by atoms with Gasteiger partial charge in [-0.3, -0.25) is 0 Å². The summed E-state index contributed by atoms with van der Waals surface area (Å²) in [7, 11) is -3.39. The molecule has 1 fully saturated rings. The van der Waals surface area contributed by atoms with E-state index in [1.807, 2.05) is 19.1 Å². The Balaban J connectivity index is 1.63. The highest BCUT2D eigenvalue weighted by Gasteiger charge is 2.40. The Hall–Kier alpha value is -2.35. The molecule has 3 heterocycles. The number of fused-ring (bicyclic) bond motifs is 3. The fourth-order valence-electron chi connectivity index (χ4n) is 4.86. The van der Waals surface area contributed by atoms with E-state index >= 15 is 0 Å². The van der Waals surface area contributed by atoms with E-state index in [0.717, 1.165) is 35.6 Å². The zero-order valence-corrected chi connectivity index (χ0v) is 17.5. The van der Waals surface area contributed by atoms with Crippen molar-refractivity contribution in [2.45, 2.75) is 31.5 Å². The summed E-state index contributed by atoms with van der Waals surface area (Å²) in [6.07, 6.45) is 2.01.